The third kappa shape index (κ3) is 1.72. The zero-order valence-corrected chi connectivity index (χ0v) is 8.79. The first-order chi connectivity index (χ1) is 6.29. The molecule has 0 aliphatic carbocycles. The van der Waals surface area contributed by atoms with Crippen molar-refractivity contribution in [3.05, 3.63) is 0 Å². The summed E-state index contributed by atoms with van der Waals surface area (Å²) in [5.74, 6) is 1.98. The summed E-state index contributed by atoms with van der Waals surface area (Å²) in [6, 6.07) is 0.823. The maximum atomic E-state index is 4.66. The van der Waals surface area contributed by atoms with Crippen LogP contribution in [-0.2, 0) is 0 Å². The van der Waals surface area contributed by atoms with Crippen molar-refractivity contribution >= 4 is 5.84 Å². The van der Waals surface area contributed by atoms with Gasteiger partial charge in [0.2, 0.25) is 0 Å². The van der Waals surface area contributed by atoms with Gasteiger partial charge in [0.05, 0.1) is 0 Å². The molecule has 74 valence electrons. The Morgan fingerprint density at radius 2 is 2.15 bits per heavy atom. The van der Waals surface area contributed by atoms with Gasteiger partial charge in [0.15, 0.2) is 0 Å². The van der Waals surface area contributed by atoms with Gasteiger partial charge in [-0.3, -0.25) is 4.99 Å². The molecule has 0 N–H and O–H groups in total. The highest BCUT2D eigenvalue weighted by Gasteiger charge is 2.28. The van der Waals surface area contributed by atoms with Crippen LogP contribution in [0, 0.1) is 5.92 Å². The van der Waals surface area contributed by atoms with Crippen LogP contribution in [0.15, 0.2) is 4.99 Å². The normalized spacial score (nSPS) is 28.7. The van der Waals surface area contributed by atoms with Crippen molar-refractivity contribution in [3.8, 4) is 0 Å². The Morgan fingerprint density at radius 1 is 1.31 bits per heavy atom. The van der Waals surface area contributed by atoms with Crippen molar-refractivity contribution in [2.75, 3.05) is 13.1 Å². The topological polar surface area (TPSA) is 15.6 Å². The predicted molar refractivity (Wildman–Crippen MR) is 56.1 cm³/mol. The van der Waals surface area contributed by atoms with E-state index in [0.29, 0.717) is 5.92 Å². The Labute approximate surface area is 81.0 Å². The summed E-state index contributed by atoms with van der Waals surface area (Å²) in [7, 11) is 0. The molecule has 2 heteroatoms. The van der Waals surface area contributed by atoms with E-state index in [1.807, 2.05) is 0 Å². The number of aliphatic imine (C=N–C) groups is 1. The van der Waals surface area contributed by atoms with Crippen molar-refractivity contribution in [2.24, 2.45) is 10.9 Å². The van der Waals surface area contributed by atoms with Gasteiger partial charge in [-0.05, 0) is 25.7 Å². The van der Waals surface area contributed by atoms with E-state index in [1.54, 1.807) is 0 Å². The van der Waals surface area contributed by atoms with Gasteiger partial charge in [0, 0.05) is 25.0 Å². The first-order valence-corrected chi connectivity index (χ1v) is 5.60. The highest BCUT2D eigenvalue weighted by atomic mass is 15.2. The van der Waals surface area contributed by atoms with Crippen LogP contribution in [0.1, 0.15) is 39.5 Å². The molecule has 0 aromatic rings. The number of nitrogens with zero attached hydrogens (tertiary/aromatic N) is 2. The van der Waals surface area contributed by atoms with E-state index >= 15 is 0 Å². The number of piperidine rings is 1. The first-order valence-electron chi connectivity index (χ1n) is 5.60. The van der Waals surface area contributed by atoms with Crippen LogP contribution in [0.5, 0.6) is 0 Å². The van der Waals surface area contributed by atoms with Crippen LogP contribution in [0.3, 0.4) is 0 Å². The molecule has 0 radical (unpaired) electrons. The van der Waals surface area contributed by atoms with Crippen molar-refractivity contribution in [1.29, 1.82) is 0 Å². The maximum Gasteiger partial charge on any atom is 0.102 e. The van der Waals surface area contributed by atoms with Gasteiger partial charge < -0.3 is 4.90 Å². The summed E-state index contributed by atoms with van der Waals surface area (Å²) < 4.78 is 0. The van der Waals surface area contributed by atoms with Gasteiger partial charge in [-0.1, -0.05) is 13.8 Å². The highest BCUT2D eigenvalue weighted by Crippen LogP contribution is 2.25. The van der Waals surface area contributed by atoms with Gasteiger partial charge >= 0.3 is 0 Å². The summed E-state index contributed by atoms with van der Waals surface area (Å²) in [5.41, 5.74) is 0. The third-order valence-electron chi connectivity index (χ3n) is 3.17. The fourth-order valence-corrected chi connectivity index (χ4v) is 2.54. The molecule has 1 unspecified atom stereocenters. The molecule has 1 fully saturated rings. The molecule has 1 saturated heterocycles. The summed E-state index contributed by atoms with van der Waals surface area (Å²) in [6.45, 7) is 6.84. The fourth-order valence-electron chi connectivity index (χ4n) is 2.54. The van der Waals surface area contributed by atoms with E-state index in [0.717, 1.165) is 12.6 Å². The minimum Gasteiger partial charge on any atom is -0.357 e. The SMILES string of the molecule is CC(C)C1=NCCC2CCCCN12. The average Bonchev–Trinajstić information content (AvgIpc) is 2.17. The molecule has 0 amide bonds. The van der Waals surface area contributed by atoms with E-state index in [9.17, 15) is 0 Å². The lowest BCUT2D eigenvalue weighted by atomic mass is 9.95. The fraction of sp³-hybridized carbons (Fsp3) is 0.909. The summed E-state index contributed by atoms with van der Waals surface area (Å²) >= 11 is 0. The molecule has 2 nitrogen and oxygen atoms in total. The molecule has 2 rings (SSSR count). The predicted octanol–water partition coefficient (Wildman–Crippen LogP) is 2.30. The van der Waals surface area contributed by atoms with E-state index in [-0.39, 0.29) is 0 Å². The number of fused-ring (bicyclic) bond motifs is 1. The molecule has 0 aromatic heterocycles. The van der Waals surface area contributed by atoms with Gasteiger partial charge in [0.1, 0.15) is 5.84 Å². The molecule has 1 atom stereocenters. The van der Waals surface area contributed by atoms with Crippen molar-refractivity contribution in [2.45, 2.75) is 45.6 Å². The van der Waals surface area contributed by atoms with Gasteiger partial charge in [-0.2, -0.15) is 0 Å². The van der Waals surface area contributed by atoms with Crippen LogP contribution in [0.4, 0.5) is 0 Å². The Balaban J connectivity index is 2.13. The second-order valence-electron chi connectivity index (χ2n) is 4.53. The Bertz CT molecular complexity index is 208. The van der Waals surface area contributed by atoms with Crippen LogP contribution < -0.4 is 0 Å². The van der Waals surface area contributed by atoms with Crippen molar-refractivity contribution in [3.63, 3.8) is 0 Å². The molecule has 0 spiro atoms. The molecule has 13 heavy (non-hydrogen) atoms. The molecule has 2 aliphatic rings. The summed E-state index contributed by atoms with van der Waals surface area (Å²) in [4.78, 5) is 7.22. The van der Waals surface area contributed by atoms with E-state index < -0.39 is 0 Å². The summed E-state index contributed by atoms with van der Waals surface area (Å²) in [5, 5.41) is 0. The zero-order valence-electron chi connectivity index (χ0n) is 8.79. The van der Waals surface area contributed by atoms with E-state index in [2.05, 4.69) is 23.7 Å². The minimum absolute atomic E-state index is 0.612. The van der Waals surface area contributed by atoms with Gasteiger partial charge in [-0.25, -0.2) is 0 Å². The quantitative estimate of drug-likeness (QED) is 0.604. The zero-order chi connectivity index (χ0) is 9.26. The minimum atomic E-state index is 0.612. The van der Waals surface area contributed by atoms with Gasteiger partial charge in [0.25, 0.3) is 0 Å². The second-order valence-corrected chi connectivity index (χ2v) is 4.53. The van der Waals surface area contributed by atoms with Crippen LogP contribution in [0.25, 0.3) is 0 Å². The van der Waals surface area contributed by atoms with E-state index in [1.165, 1.54) is 38.1 Å². The molecule has 2 aliphatic heterocycles. The first kappa shape index (κ1) is 9.04. The summed E-state index contributed by atoms with van der Waals surface area (Å²) in [6.07, 6.45) is 5.47. The lowest BCUT2D eigenvalue weighted by molar-refractivity contribution is 0.212. The maximum absolute atomic E-state index is 4.66. The van der Waals surface area contributed by atoms with Crippen LogP contribution in [-0.4, -0.2) is 29.9 Å². The number of rotatable bonds is 1. The Hall–Kier alpha value is -0.530. The highest BCUT2D eigenvalue weighted by molar-refractivity contribution is 5.85. The molecular weight excluding hydrogens is 160 g/mol. The molecule has 0 bridgehead atoms. The Kier molecular flexibility index (Phi) is 2.56. The monoisotopic (exact) mass is 180 g/mol. The number of amidine groups is 1. The number of hydrogen-bond acceptors (Lipinski definition) is 2. The van der Waals surface area contributed by atoms with Crippen molar-refractivity contribution in [1.82, 2.24) is 4.90 Å². The largest absolute Gasteiger partial charge is 0.357 e. The number of hydrogen-bond donors (Lipinski definition) is 0. The lowest BCUT2D eigenvalue weighted by Gasteiger charge is -2.42. The second kappa shape index (κ2) is 3.69. The molecule has 0 aromatic carbocycles. The molecular formula is C11H20N2. The third-order valence-corrected chi connectivity index (χ3v) is 3.17. The van der Waals surface area contributed by atoms with Crippen LogP contribution in [0.2, 0.25) is 0 Å². The van der Waals surface area contributed by atoms with Gasteiger partial charge in [-0.15, -0.1) is 0 Å². The standard InChI is InChI=1S/C11H20N2/c1-9(2)11-12-7-6-10-5-3-4-8-13(10)11/h9-10H,3-8H2,1-2H3. The average molecular weight is 180 g/mol. The van der Waals surface area contributed by atoms with E-state index in [4.69, 9.17) is 0 Å². The van der Waals surface area contributed by atoms with Crippen LogP contribution >= 0.6 is 0 Å². The Morgan fingerprint density at radius 3 is 2.92 bits per heavy atom. The smallest absolute Gasteiger partial charge is 0.102 e. The lowest BCUT2D eigenvalue weighted by Crippen LogP contribution is -2.48. The van der Waals surface area contributed by atoms with Crippen molar-refractivity contribution < 1.29 is 0 Å². The molecule has 2 heterocycles. The molecule has 0 saturated carbocycles.